The van der Waals surface area contributed by atoms with Crippen LogP contribution in [0.25, 0.3) is 0 Å². The van der Waals surface area contributed by atoms with Crippen LogP contribution < -0.4 is 4.90 Å². The number of aryl methyl sites for hydroxylation is 1. The fraction of sp³-hybridized carbons (Fsp3) is 0.588. The lowest BCUT2D eigenvalue weighted by molar-refractivity contribution is -0.137. The Morgan fingerprint density at radius 3 is 2.30 bits per heavy atom. The van der Waals surface area contributed by atoms with Gasteiger partial charge in [-0.1, -0.05) is 19.9 Å². The highest BCUT2D eigenvalue weighted by molar-refractivity contribution is 5.76. The van der Waals surface area contributed by atoms with E-state index in [1.165, 1.54) is 6.07 Å². The molecule has 0 radical (unpaired) electrons. The van der Waals surface area contributed by atoms with Crippen molar-refractivity contribution in [1.82, 2.24) is 4.90 Å². The summed E-state index contributed by atoms with van der Waals surface area (Å²) in [4.78, 5) is 15.4. The van der Waals surface area contributed by atoms with Crippen LogP contribution in [0.3, 0.4) is 0 Å². The van der Waals surface area contributed by atoms with Crippen molar-refractivity contribution in [3.8, 4) is 0 Å². The van der Waals surface area contributed by atoms with Gasteiger partial charge in [0, 0.05) is 38.3 Å². The fourth-order valence-electron chi connectivity index (χ4n) is 2.87. The molecule has 0 aromatic heterocycles. The fourth-order valence-corrected chi connectivity index (χ4v) is 2.87. The monoisotopic (exact) mass is 328 g/mol. The number of nitrogens with zero attached hydrogens (tertiary/aromatic N) is 2. The van der Waals surface area contributed by atoms with Crippen LogP contribution in [-0.2, 0) is 17.4 Å². The van der Waals surface area contributed by atoms with Crippen LogP contribution in [0.2, 0.25) is 0 Å². The zero-order valence-electron chi connectivity index (χ0n) is 13.6. The van der Waals surface area contributed by atoms with E-state index in [9.17, 15) is 18.0 Å². The summed E-state index contributed by atoms with van der Waals surface area (Å²) in [7, 11) is 0. The second-order valence-corrected chi connectivity index (χ2v) is 5.82. The summed E-state index contributed by atoms with van der Waals surface area (Å²) in [5.74, 6) is 0.0875. The van der Waals surface area contributed by atoms with Gasteiger partial charge in [-0.25, -0.2) is 0 Å². The van der Waals surface area contributed by atoms with Gasteiger partial charge in [0.25, 0.3) is 0 Å². The molecule has 1 amide bonds. The molecule has 0 unspecified atom stereocenters. The average molecular weight is 328 g/mol. The van der Waals surface area contributed by atoms with Gasteiger partial charge < -0.3 is 9.80 Å². The molecule has 0 N–H and O–H groups in total. The Morgan fingerprint density at radius 2 is 1.78 bits per heavy atom. The van der Waals surface area contributed by atoms with E-state index in [1.807, 2.05) is 13.8 Å². The first-order valence-electron chi connectivity index (χ1n) is 8.09. The predicted octanol–water partition coefficient (Wildman–Crippen LogP) is 3.72. The quantitative estimate of drug-likeness (QED) is 0.841. The van der Waals surface area contributed by atoms with Gasteiger partial charge in [0.05, 0.1) is 5.56 Å². The molecule has 0 atom stereocenters. The van der Waals surface area contributed by atoms with Gasteiger partial charge >= 0.3 is 6.18 Å². The molecule has 6 heteroatoms. The molecule has 0 aliphatic carbocycles. The molecule has 1 aromatic carbocycles. The topological polar surface area (TPSA) is 23.6 Å². The second kappa shape index (κ2) is 7.23. The van der Waals surface area contributed by atoms with Crippen molar-refractivity contribution in [2.45, 2.75) is 39.3 Å². The maximum atomic E-state index is 13.3. The number of benzene rings is 1. The van der Waals surface area contributed by atoms with Crippen molar-refractivity contribution >= 4 is 11.6 Å². The van der Waals surface area contributed by atoms with Crippen molar-refractivity contribution in [2.24, 2.45) is 0 Å². The number of anilines is 1. The molecular formula is C17H23F3N2O. The number of hydrogen-bond donors (Lipinski definition) is 0. The van der Waals surface area contributed by atoms with E-state index in [2.05, 4.69) is 0 Å². The van der Waals surface area contributed by atoms with Crippen molar-refractivity contribution in [3.63, 3.8) is 0 Å². The zero-order valence-corrected chi connectivity index (χ0v) is 13.6. The first-order valence-corrected chi connectivity index (χ1v) is 8.09. The van der Waals surface area contributed by atoms with E-state index in [4.69, 9.17) is 0 Å². The molecule has 3 nitrogen and oxygen atoms in total. The summed E-state index contributed by atoms with van der Waals surface area (Å²) >= 11 is 0. The largest absolute Gasteiger partial charge is 0.418 e. The third kappa shape index (κ3) is 4.18. The summed E-state index contributed by atoms with van der Waals surface area (Å²) in [6.07, 6.45) is -2.51. The van der Waals surface area contributed by atoms with Gasteiger partial charge in [-0.15, -0.1) is 0 Å². The van der Waals surface area contributed by atoms with Crippen LogP contribution in [0.15, 0.2) is 18.2 Å². The molecule has 0 spiro atoms. The summed E-state index contributed by atoms with van der Waals surface area (Å²) in [5, 5.41) is 0. The zero-order chi connectivity index (χ0) is 17.0. The molecule has 128 valence electrons. The molecule has 0 bridgehead atoms. The van der Waals surface area contributed by atoms with Crippen LogP contribution >= 0.6 is 0 Å². The molecular weight excluding hydrogens is 305 g/mol. The first kappa shape index (κ1) is 17.6. The third-order valence-corrected chi connectivity index (χ3v) is 4.21. The predicted molar refractivity (Wildman–Crippen MR) is 84.5 cm³/mol. The molecule has 23 heavy (non-hydrogen) atoms. The van der Waals surface area contributed by atoms with Gasteiger partial charge in [-0.2, -0.15) is 13.2 Å². The smallest absolute Gasteiger partial charge is 0.367 e. The average Bonchev–Trinajstić information content (AvgIpc) is 2.54. The highest BCUT2D eigenvalue weighted by Crippen LogP contribution is 2.37. The molecule has 1 saturated heterocycles. The van der Waals surface area contributed by atoms with E-state index in [0.717, 1.165) is 6.42 Å². The number of hydrogen-bond acceptors (Lipinski definition) is 2. The van der Waals surface area contributed by atoms with Gasteiger partial charge in [0.1, 0.15) is 0 Å². The van der Waals surface area contributed by atoms with E-state index in [1.54, 1.807) is 21.9 Å². The SMILES string of the molecule is CCCC(=O)N1CCN(c2ccc(CC)cc2C(F)(F)F)CC1. The number of carbonyl (C=O) groups excluding carboxylic acids is 1. The Labute approximate surface area is 135 Å². The van der Waals surface area contributed by atoms with E-state index < -0.39 is 11.7 Å². The maximum Gasteiger partial charge on any atom is 0.418 e. The Bertz CT molecular complexity index is 549. The maximum absolute atomic E-state index is 13.3. The van der Waals surface area contributed by atoms with Crippen LogP contribution in [0.1, 0.15) is 37.8 Å². The Hall–Kier alpha value is -1.72. The Kier molecular flexibility index (Phi) is 5.55. The van der Waals surface area contributed by atoms with E-state index in [0.29, 0.717) is 44.6 Å². The molecule has 2 rings (SSSR count). The Morgan fingerprint density at radius 1 is 1.13 bits per heavy atom. The van der Waals surface area contributed by atoms with Crippen LogP contribution in [0.4, 0.5) is 18.9 Å². The lowest BCUT2D eigenvalue weighted by atomic mass is 10.0. The van der Waals surface area contributed by atoms with Crippen molar-refractivity contribution in [3.05, 3.63) is 29.3 Å². The summed E-state index contributed by atoms with van der Waals surface area (Å²) < 4.78 is 40.0. The first-order chi connectivity index (χ1) is 10.9. The van der Waals surface area contributed by atoms with Crippen molar-refractivity contribution in [1.29, 1.82) is 0 Å². The minimum absolute atomic E-state index is 0.0875. The number of amides is 1. The molecule has 1 aliphatic rings. The summed E-state index contributed by atoms with van der Waals surface area (Å²) in [6, 6.07) is 4.55. The number of halogens is 3. The lowest BCUT2D eigenvalue weighted by Gasteiger charge is -2.37. The summed E-state index contributed by atoms with van der Waals surface area (Å²) in [5.41, 5.74) is 0.320. The Balaban J connectivity index is 2.16. The highest BCUT2D eigenvalue weighted by Gasteiger charge is 2.35. The lowest BCUT2D eigenvalue weighted by Crippen LogP contribution is -2.49. The van der Waals surface area contributed by atoms with Crippen LogP contribution in [0.5, 0.6) is 0 Å². The molecule has 1 aliphatic heterocycles. The molecule has 1 heterocycles. The minimum Gasteiger partial charge on any atom is -0.367 e. The third-order valence-electron chi connectivity index (χ3n) is 4.21. The highest BCUT2D eigenvalue weighted by atomic mass is 19.4. The number of piperazine rings is 1. The molecule has 1 fully saturated rings. The second-order valence-electron chi connectivity index (χ2n) is 5.82. The van der Waals surface area contributed by atoms with Crippen LogP contribution in [-0.4, -0.2) is 37.0 Å². The standard InChI is InChI=1S/C17H23F3N2O/c1-3-5-16(23)22-10-8-21(9-11-22)15-7-6-13(4-2)12-14(15)17(18,19)20/h6-7,12H,3-5,8-11H2,1-2H3. The van der Waals surface area contributed by atoms with Gasteiger partial charge in [0.15, 0.2) is 0 Å². The van der Waals surface area contributed by atoms with Gasteiger partial charge in [-0.05, 0) is 30.5 Å². The van der Waals surface area contributed by atoms with Gasteiger partial charge in [0.2, 0.25) is 5.91 Å². The normalized spacial score (nSPS) is 15.9. The number of rotatable bonds is 4. The summed E-state index contributed by atoms with van der Waals surface area (Å²) in [6.45, 7) is 5.61. The van der Waals surface area contributed by atoms with Crippen LogP contribution in [0, 0.1) is 0 Å². The van der Waals surface area contributed by atoms with E-state index >= 15 is 0 Å². The van der Waals surface area contributed by atoms with Gasteiger partial charge in [-0.3, -0.25) is 4.79 Å². The number of alkyl halides is 3. The minimum atomic E-state index is -4.37. The van der Waals surface area contributed by atoms with E-state index in [-0.39, 0.29) is 11.6 Å². The molecule has 0 saturated carbocycles. The number of carbonyl (C=O) groups is 1. The van der Waals surface area contributed by atoms with Crippen molar-refractivity contribution < 1.29 is 18.0 Å². The molecule has 1 aromatic rings. The van der Waals surface area contributed by atoms with Crippen molar-refractivity contribution in [2.75, 3.05) is 31.1 Å².